The monoisotopic (exact) mass is 349 g/mol. The van der Waals surface area contributed by atoms with Crippen molar-refractivity contribution in [3.05, 3.63) is 34.9 Å². The molecule has 8 heteroatoms. The van der Waals surface area contributed by atoms with Crippen molar-refractivity contribution in [2.75, 3.05) is 23.8 Å². The van der Waals surface area contributed by atoms with E-state index < -0.39 is 0 Å². The molecule has 7 nitrogen and oxygen atoms in total. The third kappa shape index (κ3) is 4.76. The number of hydrogen-bond acceptors (Lipinski definition) is 6. The molecule has 2 aromatic rings. The molecule has 3 N–H and O–H groups in total. The van der Waals surface area contributed by atoms with Crippen LogP contribution in [0.3, 0.4) is 0 Å². The minimum atomic E-state index is -0.312. The van der Waals surface area contributed by atoms with Crippen molar-refractivity contribution in [2.45, 2.75) is 26.7 Å². The van der Waals surface area contributed by atoms with Crippen LogP contribution >= 0.6 is 11.3 Å². The number of hydrogen-bond donors (Lipinski definition) is 2. The number of aromatic amines is 1. The number of thiazole rings is 1. The molecule has 24 heavy (non-hydrogen) atoms. The molecule has 0 aliphatic heterocycles. The lowest BCUT2D eigenvalue weighted by Crippen LogP contribution is -2.18. The van der Waals surface area contributed by atoms with E-state index in [-0.39, 0.29) is 10.9 Å². The van der Waals surface area contributed by atoms with Crippen LogP contribution in [-0.2, 0) is 0 Å². The van der Waals surface area contributed by atoms with Crippen LogP contribution in [0, 0.1) is 4.91 Å². The highest BCUT2D eigenvalue weighted by Gasteiger charge is 2.20. The Morgan fingerprint density at radius 2 is 2.21 bits per heavy atom. The van der Waals surface area contributed by atoms with Gasteiger partial charge < -0.3 is 10.1 Å². The number of unbranched alkanes of at least 4 members (excludes halogenated alkanes) is 1. The highest BCUT2D eigenvalue weighted by Crippen LogP contribution is 2.26. The molecule has 0 saturated heterocycles. The number of amides is 1. The molecule has 0 bridgehead atoms. The number of carbonyl (C=O) groups is 1. The van der Waals surface area contributed by atoms with Crippen LogP contribution in [0.1, 0.15) is 37.0 Å². The maximum atomic E-state index is 12.5. The van der Waals surface area contributed by atoms with Gasteiger partial charge in [0, 0.05) is 12.2 Å². The van der Waals surface area contributed by atoms with E-state index in [2.05, 4.69) is 27.7 Å². The van der Waals surface area contributed by atoms with Crippen molar-refractivity contribution in [3.63, 3.8) is 0 Å². The summed E-state index contributed by atoms with van der Waals surface area (Å²) < 4.78 is 5.54. The zero-order valence-corrected chi connectivity index (χ0v) is 14.5. The first-order chi connectivity index (χ1) is 11.7. The largest absolute Gasteiger partial charge is 0.493 e. The van der Waals surface area contributed by atoms with E-state index in [0.29, 0.717) is 23.1 Å². The van der Waals surface area contributed by atoms with Crippen molar-refractivity contribution < 1.29 is 14.5 Å². The van der Waals surface area contributed by atoms with Gasteiger partial charge in [0.2, 0.25) is 5.00 Å². The van der Waals surface area contributed by atoms with E-state index in [1.54, 1.807) is 12.1 Å². The number of aromatic nitrogens is 1. The van der Waals surface area contributed by atoms with E-state index in [4.69, 9.17) is 4.74 Å². The number of benzene rings is 1. The van der Waals surface area contributed by atoms with Gasteiger partial charge in [-0.05, 0) is 48.1 Å². The van der Waals surface area contributed by atoms with E-state index in [0.717, 1.165) is 36.4 Å². The lowest BCUT2D eigenvalue weighted by atomic mass is 10.1. The second-order valence-electron chi connectivity index (χ2n) is 5.03. The zero-order chi connectivity index (χ0) is 17.4. The van der Waals surface area contributed by atoms with E-state index in [9.17, 15) is 9.70 Å². The van der Waals surface area contributed by atoms with Gasteiger partial charge in [-0.15, -0.1) is 4.91 Å². The third-order valence-electron chi connectivity index (χ3n) is 3.23. The van der Waals surface area contributed by atoms with Gasteiger partial charge in [0.1, 0.15) is 17.5 Å². The van der Waals surface area contributed by atoms with Crippen molar-refractivity contribution in [3.8, 4) is 5.75 Å². The summed E-state index contributed by atoms with van der Waals surface area (Å²) in [6, 6.07) is 5.44. The first-order valence-electron chi connectivity index (χ1n) is 7.84. The molecule has 1 aromatic heterocycles. The van der Waals surface area contributed by atoms with Gasteiger partial charge in [-0.25, -0.2) is 9.78 Å². The van der Waals surface area contributed by atoms with Crippen LogP contribution in [0.4, 0.5) is 15.8 Å². The smallest absolute Gasteiger partial charge is 0.343 e. The summed E-state index contributed by atoms with van der Waals surface area (Å²) >= 11 is 1.07. The number of nitroso groups, excluding NO2 is 1. The summed E-state index contributed by atoms with van der Waals surface area (Å²) in [6.07, 6.45) is 3.60. The summed E-state index contributed by atoms with van der Waals surface area (Å²) in [4.78, 5) is 25.8. The van der Waals surface area contributed by atoms with E-state index in [1.807, 2.05) is 13.0 Å². The summed E-state index contributed by atoms with van der Waals surface area (Å²) in [5.41, 5.74) is 1.29. The summed E-state index contributed by atoms with van der Waals surface area (Å²) in [6.45, 7) is 5.30. The predicted octanol–water partition coefficient (Wildman–Crippen LogP) is 3.82. The summed E-state index contributed by atoms with van der Waals surface area (Å²) in [5.74, 6) is 0.203. The Balaban J connectivity index is 2.18. The molecule has 0 spiro atoms. The fourth-order valence-corrected chi connectivity index (χ4v) is 2.70. The molecule has 0 aliphatic carbocycles. The Morgan fingerprint density at radius 3 is 2.88 bits per heavy atom. The molecule has 0 atom stereocenters. The number of anilines is 2. The van der Waals surface area contributed by atoms with Gasteiger partial charge in [-0.1, -0.05) is 13.3 Å². The number of nitrogens with one attached hydrogen (secondary N) is 3. The SMILES string of the molecule is CCCCNc1ccc(OCC)c(C(=O)Nc2[nH+]cc(N=O)s2)c1. The summed E-state index contributed by atoms with van der Waals surface area (Å²) in [5, 5.41) is 9.55. The molecule has 1 heterocycles. The molecular weight excluding hydrogens is 328 g/mol. The number of ether oxygens (including phenoxy) is 1. The van der Waals surface area contributed by atoms with Crippen molar-refractivity contribution >= 4 is 33.1 Å². The second-order valence-corrected chi connectivity index (χ2v) is 6.06. The minimum Gasteiger partial charge on any atom is -0.493 e. The van der Waals surface area contributed by atoms with Crippen molar-refractivity contribution in [2.24, 2.45) is 5.18 Å². The van der Waals surface area contributed by atoms with Crippen LogP contribution in [0.15, 0.2) is 29.6 Å². The second kappa shape index (κ2) is 8.97. The van der Waals surface area contributed by atoms with Gasteiger partial charge >= 0.3 is 11.0 Å². The molecule has 2 rings (SSSR count). The lowest BCUT2D eigenvalue weighted by molar-refractivity contribution is -0.353. The summed E-state index contributed by atoms with van der Waals surface area (Å²) in [7, 11) is 0. The molecule has 0 radical (unpaired) electrons. The van der Waals surface area contributed by atoms with E-state index in [1.165, 1.54) is 6.20 Å². The topological polar surface area (TPSA) is 93.9 Å². The molecule has 0 fully saturated rings. The average molecular weight is 349 g/mol. The van der Waals surface area contributed by atoms with Gasteiger partial charge in [-0.3, -0.25) is 0 Å². The predicted molar refractivity (Wildman–Crippen MR) is 95.3 cm³/mol. The third-order valence-corrected chi connectivity index (χ3v) is 4.06. The Morgan fingerprint density at radius 1 is 1.38 bits per heavy atom. The zero-order valence-electron chi connectivity index (χ0n) is 13.7. The van der Waals surface area contributed by atoms with Gasteiger partial charge in [-0.2, -0.15) is 5.32 Å². The maximum Gasteiger partial charge on any atom is 0.343 e. The lowest BCUT2D eigenvalue weighted by Gasteiger charge is -2.11. The maximum absolute atomic E-state index is 12.5. The molecular formula is C16H21N4O3S+. The Hall–Kier alpha value is -2.48. The standard InChI is InChI=1S/C16H20N4O3S/c1-3-5-8-17-11-6-7-13(23-4-2)12(9-11)15(21)19-16-18-10-14(20-22)24-16/h6-7,9-10,17H,3-5,8H2,1-2H3,(H,18,19,21)/p+1. The molecule has 0 aliphatic rings. The highest BCUT2D eigenvalue weighted by atomic mass is 32.1. The molecule has 1 aromatic carbocycles. The van der Waals surface area contributed by atoms with Gasteiger partial charge in [0.15, 0.2) is 0 Å². The number of carbonyl (C=O) groups excluding carboxylic acids is 1. The Labute approximate surface area is 144 Å². The Bertz CT molecular complexity index is 702. The minimum absolute atomic E-state index is 0.269. The number of nitrogens with zero attached hydrogens (tertiary/aromatic N) is 1. The normalized spacial score (nSPS) is 10.2. The fourth-order valence-electron chi connectivity index (χ4n) is 2.08. The quantitative estimate of drug-likeness (QED) is 0.531. The molecule has 1 amide bonds. The van der Waals surface area contributed by atoms with Crippen LogP contribution in [0.25, 0.3) is 0 Å². The first kappa shape index (κ1) is 17.9. The molecule has 128 valence electrons. The Kier molecular flexibility index (Phi) is 6.68. The van der Waals surface area contributed by atoms with Crippen LogP contribution in [0.5, 0.6) is 5.75 Å². The van der Waals surface area contributed by atoms with E-state index >= 15 is 0 Å². The number of H-pyrrole nitrogens is 1. The first-order valence-corrected chi connectivity index (χ1v) is 8.66. The van der Waals surface area contributed by atoms with Crippen molar-refractivity contribution in [1.82, 2.24) is 0 Å². The fraction of sp³-hybridized carbons (Fsp3) is 0.375. The molecule has 0 unspecified atom stereocenters. The van der Waals surface area contributed by atoms with Crippen LogP contribution < -0.4 is 20.4 Å². The van der Waals surface area contributed by atoms with Gasteiger partial charge in [0.05, 0.1) is 6.61 Å². The number of rotatable bonds is 9. The average Bonchev–Trinajstić information content (AvgIpc) is 3.04. The van der Waals surface area contributed by atoms with Crippen LogP contribution in [-0.4, -0.2) is 19.1 Å². The highest BCUT2D eigenvalue weighted by molar-refractivity contribution is 7.18. The molecule has 0 saturated carbocycles. The van der Waals surface area contributed by atoms with Crippen LogP contribution in [0.2, 0.25) is 0 Å². The van der Waals surface area contributed by atoms with Gasteiger partial charge in [0.25, 0.3) is 0 Å². The van der Waals surface area contributed by atoms with Crippen molar-refractivity contribution in [1.29, 1.82) is 0 Å².